The van der Waals surface area contributed by atoms with Crippen molar-refractivity contribution in [1.82, 2.24) is 0 Å². The zero-order valence-corrected chi connectivity index (χ0v) is 10.9. The Labute approximate surface area is 111 Å². The maximum absolute atomic E-state index is 12.0. The Morgan fingerprint density at radius 3 is 2.37 bits per heavy atom. The number of methoxy groups -OCH3 is 3. The molecule has 0 spiro atoms. The summed E-state index contributed by atoms with van der Waals surface area (Å²) >= 11 is 0. The normalized spacial score (nSPS) is 14.6. The molecule has 0 saturated heterocycles. The Morgan fingerprint density at radius 1 is 1.11 bits per heavy atom. The fourth-order valence-corrected chi connectivity index (χ4v) is 1.45. The van der Waals surface area contributed by atoms with Crippen molar-refractivity contribution < 1.29 is 28.5 Å². The second kappa shape index (κ2) is 7.24. The van der Waals surface area contributed by atoms with E-state index in [1.165, 1.54) is 27.4 Å². The second-order valence-corrected chi connectivity index (χ2v) is 3.41. The summed E-state index contributed by atoms with van der Waals surface area (Å²) in [5.74, 6) is 1.48. The van der Waals surface area contributed by atoms with Gasteiger partial charge in [-0.1, -0.05) is 0 Å². The number of rotatable bonds is 5. The third kappa shape index (κ3) is 3.60. The maximum Gasteiger partial charge on any atom is 0.230 e. The van der Waals surface area contributed by atoms with Crippen LogP contribution < -0.4 is 0 Å². The third-order valence-electron chi connectivity index (χ3n) is 2.25. The predicted octanol–water partition coefficient (Wildman–Crippen LogP) is 0.193. The summed E-state index contributed by atoms with van der Waals surface area (Å²) in [5, 5.41) is 0. The Morgan fingerprint density at radius 2 is 1.79 bits per heavy atom. The summed E-state index contributed by atoms with van der Waals surface area (Å²) in [5.41, 5.74) is 0.196. The number of carbonyl (C=O) groups excluding carboxylic acids is 2. The summed E-state index contributed by atoms with van der Waals surface area (Å²) in [7, 11) is 4.03. The molecule has 1 aliphatic carbocycles. The van der Waals surface area contributed by atoms with Crippen LogP contribution in [0.1, 0.15) is 0 Å². The topological polar surface area (TPSA) is 71.1 Å². The average Bonchev–Trinajstić information content (AvgIpc) is 2.41. The lowest BCUT2D eigenvalue weighted by Crippen LogP contribution is -2.23. The summed E-state index contributed by atoms with van der Waals surface area (Å²) in [6.45, 7) is 0.0582. The molecule has 6 nitrogen and oxygen atoms in total. The molecule has 102 valence electrons. The fraction of sp³-hybridized carbons (Fsp3) is 0.385. The van der Waals surface area contributed by atoms with Crippen molar-refractivity contribution in [2.75, 3.05) is 34.5 Å². The lowest BCUT2D eigenvalue weighted by molar-refractivity contribution is -0.120. The van der Waals surface area contributed by atoms with Gasteiger partial charge < -0.3 is 18.9 Å². The largest absolute Gasteiger partial charge is 0.490 e. The zero-order chi connectivity index (χ0) is 14.3. The standard InChI is InChI=1S/C13H14O6/c1-16-5-4-6-19-8-9-7-10(14)12(17-2)13(18-3)11(9)15/h7H,6,8H2,1-3H3. The summed E-state index contributed by atoms with van der Waals surface area (Å²) in [4.78, 5) is 23.7. The van der Waals surface area contributed by atoms with Gasteiger partial charge in [0.1, 0.15) is 12.7 Å². The summed E-state index contributed by atoms with van der Waals surface area (Å²) < 4.78 is 19.4. The third-order valence-corrected chi connectivity index (χ3v) is 2.25. The molecule has 1 rings (SSSR count). The van der Waals surface area contributed by atoms with Crippen LogP contribution in [0, 0.1) is 12.0 Å². The van der Waals surface area contributed by atoms with Gasteiger partial charge in [-0.15, -0.1) is 0 Å². The molecule has 0 heterocycles. The molecular weight excluding hydrogens is 252 g/mol. The minimum atomic E-state index is -0.432. The monoisotopic (exact) mass is 266 g/mol. The lowest BCUT2D eigenvalue weighted by Gasteiger charge is -2.16. The molecule has 0 aromatic rings. The Balaban J connectivity index is 2.72. The van der Waals surface area contributed by atoms with Crippen LogP contribution in [-0.2, 0) is 28.5 Å². The molecule has 1 aliphatic rings. The van der Waals surface area contributed by atoms with Crippen LogP contribution >= 0.6 is 0 Å². The number of ketones is 2. The van der Waals surface area contributed by atoms with Gasteiger partial charge in [-0.2, -0.15) is 0 Å². The van der Waals surface area contributed by atoms with Gasteiger partial charge in [0.2, 0.25) is 23.1 Å². The fourth-order valence-electron chi connectivity index (χ4n) is 1.45. The second-order valence-electron chi connectivity index (χ2n) is 3.41. The number of hydrogen-bond acceptors (Lipinski definition) is 6. The molecule has 0 aliphatic heterocycles. The molecule has 0 bridgehead atoms. The highest BCUT2D eigenvalue weighted by Gasteiger charge is 2.30. The molecule has 19 heavy (non-hydrogen) atoms. The van der Waals surface area contributed by atoms with Gasteiger partial charge in [0.15, 0.2) is 0 Å². The maximum atomic E-state index is 12.0. The van der Waals surface area contributed by atoms with E-state index in [0.29, 0.717) is 0 Å². The van der Waals surface area contributed by atoms with Gasteiger partial charge in [0.25, 0.3) is 0 Å². The summed E-state index contributed by atoms with van der Waals surface area (Å²) in [6.07, 6.45) is 3.52. The molecule has 0 radical (unpaired) electrons. The highest BCUT2D eigenvalue weighted by Crippen LogP contribution is 2.20. The molecule has 0 saturated carbocycles. The van der Waals surface area contributed by atoms with Crippen molar-refractivity contribution in [2.24, 2.45) is 0 Å². The van der Waals surface area contributed by atoms with Crippen LogP contribution in [0.4, 0.5) is 0 Å². The zero-order valence-electron chi connectivity index (χ0n) is 10.9. The van der Waals surface area contributed by atoms with Gasteiger partial charge >= 0.3 is 0 Å². The van der Waals surface area contributed by atoms with Gasteiger partial charge in [-0.05, 0) is 12.0 Å². The average molecular weight is 266 g/mol. The van der Waals surface area contributed by atoms with Crippen molar-refractivity contribution in [3.8, 4) is 12.0 Å². The van der Waals surface area contributed by atoms with E-state index in [1.54, 1.807) is 0 Å². The van der Waals surface area contributed by atoms with E-state index in [9.17, 15) is 9.59 Å². The van der Waals surface area contributed by atoms with Crippen LogP contribution in [0.15, 0.2) is 23.2 Å². The number of allylic oxidation sites excluding steroid dienone is 2. The number of ether oxygens (including phenoxy) is 4. The molecule has 0 fully saturated rings. The minimum Gasteiger partial charge on any atom is -0.490 e. The first-order chi connectivity index (χ1) is 9.15. The van der Waals surface area contributed by atoms with E-state index in [0.717, 1.165) is 0 Å². The Hall–Kier alpha value is -2.26. The van der Waals surface area contributed by atoms with Crippen molar-refractivity contribution in [3.63, 3.8) is 0 Å². The van der Waals surface area contributed by atoms with Gasteiger partial charge in [-0.25, -0.2) is 0 Å². The smallest absolute Gasteiger partial charge is 0.230 e. The van der Waals surface area contributed by atoms with E-state index < -0.39 is 11.6 Å². The SMILES string of the molecule is COC#CCOCC1=CC(=O)C(OC)=C(OC)C1=O. The van der Waals surface area contributed by atoms with E-state index in [4.69, 9.17) is 14.2 Å². The molecule has 0 unspecified atom stereocenters. The van der Waals surface area contributed by atoms with E-state index in [2.05, 4.69) is 16.8 Å². The highest BCUT2D eigenvalue weighted by molar-refractivity contribution is 6.21. The van der Waals surface area contributed by atoms with Gasteiger partial charge in [0.05, 0.1) is 27.9 Å². The van der Waals surface area contributed by atoms with Crippen molar-refractivity contribution in [3.05, 3.63) is 23.2 Å². The Kier molecular flexibility index (Phi) is 5.64. The van der Waals surface area contributed by atoms with Crippen molar-refractivity contribution in [2.45, 2.75) is 0 Å². The first-order valence-electron chi connectivity index (χ1n) is 5.36. The molecule has 6 heteroatoms. The molecule has 0 aromatic carbocycles. The van der Waals surface area contributed by atoms with E-state index in [1.807, 2.05) is 0 Å². The molecular formula is C13H14O6. The van der Waals surface area contributed by atoms with Gasteiger partial charge in [0, 0.05) is 5.57 Å². The Bertz CT molecular complexity index is 489. The molecule has 0 atom stereocenters. The minimum absolute atomic E-state index is 0.0349. The predicted molar refractivity (Wildman–Crippen MR) is 64.7 cm³/mol. The van der Waals surface area contributed by atoms with Crippen LogP contribution in [0.2, 0.25) is 0 Å². The number of hydrogen-bond donors (Lipinski definition) is 0. The van der Waals surface area contributed by atoms with Crippen LogP contribution in [-0.4, -0.2) is 46.1 Å². The van der Waals surface area contributed by atoms with Gasteiger partial charge in [-0.3, -0.25) is 9.59 Å². The first-order valence-corrected chi connectivity index (χ1v) is 5.36. The molecule has 0 N–H and O–H groups in total. The molecule has 0 aromatic heterocycles. The van der Waals surface area contributed by atoms with E-state index in [-0.39, 0.29) is 30.3 Å². The highest BCUT2D eigenvalue weighted by atomic mass is 16.5. The number of carbonyl (C=O) groups is 2. The van der Waals surface area contributed by atoms with Crippen LogP contribution in [0.5, 0.6) is 0 Å². The number of Topliss-reactive ketones (excluding diaryl/α,β-unsaturated/α-hetero) is 1. The lowest BCUT2D eigenvalue weighted by atomic mass is 10.0. The molecule has 0 amide bonds. The van der Waals surface area contributed by atoms with Crippen LogP contribution in [0.25, 0.3) is 0 Å². The summed E-state index contributed by atoms with van der Waals surface area (Å²) in [6, 6.07) is 0. The van der Waals surface area contributed by atoms with Crippen molar-refractivity contribution >= 4 is 11.6 Å². The first kappa shape index (κ1) is 14.8. The quantitative estimate of drug-likeness (QED) is 0.402. The van der Waals surface area contributed by atoms with E-state index >= 15 is 0 Å². The van der Waals surface area contributed by atoms with Crippen LogP contribution in [0.3, 0.4) is 0 Å². The van der Waals surface area contributed by atoms with Crippen molar-refractivity contribution in [1.29, 1.82) is 0 Å².